The second-order valence-electron chi connectivity index (χ2n) is 9.38. The summed E-state index contributed by atoms with van der Waals surface area (Å²) in [7, 11) is -3.68. The molecule has 2 aromatic heterocycles. The summed E-state index contributed by atoms with van der Waals surface area (Å²) in [4.78, 5) is 25.2. The molecule has 0 aliphatic carbocycles. The molecule has 0 bridgehead atoms. The fraction of sp³-hybridized carbons (Fsp3) is 0.435. The first-order valence-electron chi connectivity index (χ1n) is 11.0. The van der Waals surface area contributed by atoms with Crippen LogP contribution in [-0.4, -0.2) is 64.6 Å². The van der Waals surface area contributed by atoms with Crippen LogP contribution in [0.25, 0.3) is 11.0 Å². The van der Waals surface area contributed by atoms with Gasteiger partial charge in [0.2, 0.25) is 10.0 Å². The lowest BCUT2D eigenvalue weighted by molar-refractivity contribution is 0.0218. The summed E-state index contributed by atoms with van der Waals surface area (Å²) in [5.74, 6) is 0.539. The van der Waals surface area contributed by atoms with Crippen LogP contribution in [0.4, 0.5) is 10.6 Å². The zero-order valence-corrected chi connectivity index (χ0v) is 22.6. The molecule has 1 aromatic carbocycles. The van der Waals surface area contributed by atoms with Gasteiger partial charge in [-0.3, -0.25) is 0 Å². The van der Waals surface area contributed by atoms with E-state index in [1.165, 1.54) is 10.3 Å². The number of hydrogen-bond acceptors (Lipinski definition) is 7. The topological polar surface area (TPSA) is 97.6 Å². The highest BCUT2D eigenvalue weighted by Crippen LogP contribution is 2.33. The Kier molecular flexibility index (Phi) is 6.78. The first kappa shape index (κ1) is 24.7. The number of fused-ring (bicyclic) bond motifs is 1. The van der Waals surface area contributed by atoms with E-state index < -0.39 is 15.6 Å². The van der Waals surface area contributed by atoms with Gasteiger partial charge >= 0.3 is 6.09 Å². The quantitative estimate of drug-likeness (QED) is 0.422. The van der Waals surface area contributed by atoms with Crippen LogP contribution in [0.15, 0.2) is 42.9 Å². The number of piperazine rings is 1. The van der Waals surface area contributed by atoms with E-state index in [-0.39, 0.29) is 17.9 Å². The van der Waals surface area contributed by atoms with Gasteiger partial charge < -0.3 is 14.5 Å². The molecule has 1 saturated heterocycles. The zero-order chi connectivity index (χ0) is 24.7. The highest BCUT2D eigenvalue weighted by molar-refractivity contribution is 14.1. The number of nitrogens with zero attached hydrogens (tertiary/aromatic N) is 5. The van der Waals surface area contributed by atoms with Gasteiger partial charge in [0.15, 0.2) is 5.65 Å². The minimum absolute atomic E-state index is 0.0422. The first-order chi connectivity index (χ1) is 16.0. The van der Waals surface area contributed by atoms with Gasteiger partial charge in [0, 0.05) is 35.4 Å². The summed E-state index contributed by atoms with van der Waals surface area (Å²) in [6, 6.07) is 9.04. The molecule has 0 radical (unpaired) electrons. The zero-order valence-electron chi connectivity index (χ0n) is 19.6. The Balaban J connectivity index is 1.63. The molecule has 182 valence electrons. The fourth-order valence-electron chi connectivity index (χ4n) is 4.03. The van der Waals surface area contributed by atoms with Crippen LogP contribution < -0.4 is 4.90 Å². The summed E-state index contributed by atoms with van der Waals surface area (Å²) < 4.78 is 34.0. The minimum atomic E-state index is -3.68. The van der Waals surface area contributed by atoms with Gasteiger partial charge in [0.05, 0.1) is 11.1 Å². The number of hydrogen-bond donors (Lipinski definition) is 0. The van der Waals surface area contributed by atoms with E-state index in [0.29, 0.717) is 42.0 Å². The molecular weight excluding hydrogens is 569 g/mol. The van der Waals surface area contributed by atoms with Crippen molar-refractivity contribution in [3.63, 3.8) is 0 Å². The number of aromatic nitrogens is 3. The number of anilines is 1. The van der Waals surface area contributed by atoms with Gasteiger partial charge in [0.25, 0.3) is 0 Å². The second-order valence-corrected chi connectivity index (χ2v) is 12.4. The molecule has 3 heterocycles. The molecule has 4 rings (SSSR count). The van der Waals surface area contributed by atoms with E-state index in [2.05, 4.69) is 37.5 Å². The smallest absolute Gasteiger partial charge is 0.410 e. The van der Waals surface area contributed by atoms with Gasteiger partial charge in [-0.25, -0.2) is 27.2 Å². The molecule has 1 fully saturated rings. The number of ether oxygens (including phenoxy) is 1. The number of halogens is 1. The lowest BCUT2D eigenvalue weighted by atomic mass is 10.1. The van der Waals surface area contributed by atoms with Gasteiger partial charge in [0.1, 0.15) is 17.7 Å². The molecule has 1 aliphatic heterocycles. The van der Waals surface area contributed by atoms with Crippen molar-refractivity contribution in [2.75, 3.05) is 24.5 Å². The fourth-order valence-corrected chi connectivity index (χ4v) is 6.40. The minimum Gasteiger partial charge on any atom is -0.444 e. The van der Waals surface area contributed by atoms with Crippen LogP contribution in [-0.2, 0) is 20.5 Å². The molecule has 0 saturated carbocycles. The molecule has 1 amide bonds. The highest BCUT2D eigenvalue weighted by atomic mass is 127. The second kappa shape index (κ2) is 9.33. The van der Waals surface area contributed by atoms with Crippen molar-refractivity contribution in [2.45, 2.75) is 45.1 Å². The van der Waals surface area contributed by atoms with E-state index in [9.17, 15) is 13.2 Å². The maximum Gasteiger partial charge on any atom is 0.410 e. The average molecular weight is 597 g/mol. The van der Waals surface area contributed by atoms with Crippen LogP contribution in [0, 0.1) is 3.57 Å². The lowest BCUT2D eigenvalue weighted by Crippen LogP contribution is -2.54. The molecule has 1 atom stereocenters. The van der Waals surface area contributed by atoms with E-state index in [1.54, 1.807) is 23.2 Å². The Morgan fingerprint density at radius 2 is 1.88 bits per heavy atom. The van der Waals surface area contributed by atoms with Crippen LogP contribution in [0.5, 0.6) is 0 Å². The van der Waals surface area contributed by atoms with Crippen LogP contribution in [0.1, 0.15) is 33.3 Å². The number of amides is 1. The Morgan fingerprint density at radius 1 is 1.18 bits per heavy atom. The Hall–Kier alpha value is -2.41. The Labute approximate surface area is 213 Å². The van der Waals surface area contributed by atoms with Crippen LogP contribution in [0.3, 0.4) is 0 Å². The summed E-state index contributed by atoms with van der Waals surface area (Å²) >= 11 is 2.13. The number of carbonyl (C=O) groups is 1. The number of benzene rings is 1. The highest BCUT2D eigenvalue weighted by Gasteiger charge is 2.32. The van der Waals surface area contributed by atoms with Crippen molar-refractivity contribution in [1.29, 1.82) is 0 Å². The number of carbonyl (C=O) groups excluding carboxylic acids is 1. The van der Waals surface area contributed by atoms with Gasteiger partial charge in [-0.1, -0.05) is 30.3 Å². The molecule has 9 nitrogen and oxygen atoms in total. The van der Waals surface area contributed by atoms with Gasteiger partial charge in [-0.05, 0) is 55.8 Å². The average Bonchev–Trinajstić information content (AvgIpc) is 3.11. The third-order valence-electron chi connectivity index (χ3n) is 5.53. The molecule has 11 heteroatoms. The van der Waals surface area contributed by atoms with Crippen molar-refractivity contribution in [3.05, 3.63) is 52.0 Å². The predicted octanol–water partition coefficient (Wildman–Crippen LogP) is 3.86. The SMILES string of the molecule is CC1CN(C(=O)OC(C)(C)C)CCN1c1ncnc2c1c(I)cn2S(=O)(=O)Cc1ccccc1. The summed E-state index contributed by atoms with van der Waals surface area (Å²) in [5.41, 5.74) is 0.508. The third-order valence-corrected chi connectivity index (χ3v) is 7.92. The van der Waals surface area contributed by atoms with Crippen molar-refractivity contribution in [3.8, 4) is 0 Å². The monoisotopic (exact) mass is 597 g/mol. The molecule has 1 aliphatic rings. The first-order valence-corrected chi connectivity index (χ1v) is 13.7. The molecule has 34 heavy (non-hydrogen) atoms. The van der Waals surface area contributed by atoms with E-state index >= 15 is 0 Å². The van der Waals surface area contributed by atoms with E-state index in [1.807, 2.05) is 45.9 Å². The predicted molar refractivity (Wildman–Crippen MR) is 139 cm³/mol. The maximum atomic E-state index is 13.2. The number of rotatable bonds is 4. The Morgan fingerprint density at radius 3 is 2.53 bits per heavy atom. The molecular formula is C23H28IN5O4S. The third kappa shape index (κ3) is 5.14. The molecule has 0 N–H and O–H groups in total. The van der Waals surface area contributed by atoms with Crippen molar-refractivity contribution >= 4 is 55.6 Å². The maximum absolute atomic E-state index is 13.2. The molecule has 1 unspecified atom stereocenters. The van der Waals surface area contributed by atoms with Crippen LogP contribution >= 0.6 is 22.6 Å². The summed E-state index contributed by atoms with van der Waals surface area (Å²) in [6.45, 7) is 9.06. The van der Waals surface area contributed by atoms with Crippen molar-refractivity contribution in [1.82, 2.24) is 18.8 Å². The van der Waals surface area contributed by atoms with Gasteiger partial charge in [-0.15, -0.1) is 0 Å². The largest absolute Gasteiger partial charge is 0.444 e. The van der Waals surface area contributed by atoms with Crippen molar-refractivity contribution < 1.29 is 17.9 Å². The van der Waals surface area contributed by atoms with Crippen LogP contribution in [0.2, 0.25) is 0 Å². The standard InChI is InChI=1S/C23H28IN5O4S/c1-16-12-27(22(30)33-23(2,3)4)10-11-28(16)20-19-18(24)13-29(21(19)26-15-25-20)34(31,32)14-17-8-6-5-7-9-17/h5-9,13,15-16H,10-12,14H2,1-4H3. The Bertz CT molecular complexity index is 1300. The normalized spacial score (nSPS) is 17.3. The van der Waals surface area contributed by atoms with E-state index in [4.69, 9.17) is 4.74 Å². The van der Waals surface area contributed by atoms with Crippen molar-refractivity contribution in [2.24, 2.45) is 0 Å². The summed E-state index contributed by atoms with van der Waals surface area (Å²) in [6.07, 6.45) is 2.66. The lowest BCUT2D eigenvalue weighted by Gasteiger charge is -2.41. The van der Waals surface area contributed by atoms with E-state index in [0.717, 1.165) is 3.57 Å². The van der Waals surface area contributed by atoms with Gasteiger partial charge in [-0.2, -0.15) is 0 Å². The summed E-state index contributed by atoms with van der Waals surface area (Å²) in [5, 5.41) is 0.692. The molecule has 3 aromatic rings. The molecule has 0 spiro atoms.